The molecule has 0 fully saturated rings. The van der Waals surface area contributed by atoms with Crippen LogP contribution in [0.25, 0.3) is 11.0 Å². The van der Waals surface area contributed by atoms with E-state index in [1.54, 1.807) is 18.2 Å². The van der Waals surface area contributed by atoms with Crippen molar-refractivity contribution in [2.75, 3.05) is 19.0 Å². The van der Waals surface area contributed by atoms with Crippen molar-refractivity contribution in [3.05, 3.63) is 23.8 Å². The van der Waals surface area contributed by atoms with Crippen molar-refractivity contribution in [1.29, 1.82) is 5.26 Å². The smallest absolute Gasteiger partial charge is 0.307 e. The number of ether oxygens (including phenoxy) is 1. The van der Waals surface area contributed by atoms with E-state index in [0.717, 1.165) is 11.0 Å². The molecule has 6 nitrogen and oxygen atoms in total. The van der Waals surface area contributed by atoms with Gasteiger partial charge in [-0.2, -0.15) is 5.26 Å². The third-order valence-electron chi connectivity index (χ3n) is 2.46. The molecular formula is C12H12N4O2. The number of nitrogens with one attached hydrogen (secondary N) is 2. The Kier molecular flexibility index (Phi) is 3.44. The lowest BCUT2D eigenvalue weighted by Crippen LogP contribution is -2.10. The summed E-state index contributed by atoms with van der Waals surface area (Å²) in [6.07, 6.45) is 0.275. The first kappa shape index (κ1) is 11.9. The van der Waals surface area contributed by atoms with E-state index in [9.17, 15) is 4.79 Å². The zero-order chi connectivity index (χ0) is 13.0. The Bertz CT molecular complexity index is 612. The second-order valence-electron chi connectivity index (χ2n) is 3.68. The largest absolute Gasteiger partial charge is 0.469 e. The number of rotatable bonds is 4. The number of aromatic amines is 1. The number of carbonyl (C=O) groups is 1. The summed E-state index contributed by atoms with van der Waals surface area (Å²) < 4.78 is 4.53. The fourth-order valence-corrected chi connectivity index (χ4v) is 1.55. The van der Waals surface area contributed by atoms with Crippen LogP contribution in [0.5, 0.6) is 0 Å². The average molecular weight is 244 g/mol. The summed E-state index contributed by atoms with van der Waals surface area (Å²) in [5.74, 6) is 0.300. The van der Waals surface area contributed by atoms with Crippen molar-refractivity contribution in [1.82, 2.24) is 9.97 Å². The van der Waals surface area contributed by atoms with Crippen molar-refractivity contribution in [3.63, 3.8) is 0 Å². The number of nitriles is 1. The van der Waals surface area contributed by atoms with Gasteiger partial charge in [-0.3, -0.25) is 4.79 Å². The molecule has 0 bridgehead atoms. The molecule has 1 aromatic carbocycles. The molecule has 2 aromatic rings. The topological polar surface area (TPSA) is 90.8 Å². The molecule has 0 radical (unpaired) electrons. The highest BCUT2D eigenvalue weighted by atomic mass is 16.5. The van der Waals surface area contributed by atoms with Crippen LogP contribution in [-0.4, -0.2) is 29.6 Å². The highest BCUT2D eigenvalue weighted by Crippen LogP contribution is 2.15. The second-order valence-corrected chi connectivity index (χ2v) is 3.68. The minimum Gasteiger partial charge on any atom is -0.469 e. The Hall–Kier alpha value is -2.55. The van der Waals surface area contributed by atoms with Crippen LogP contribution in [0.4, 0.5) is 5.95 Å². The zero-order valence-corrected chi connectivity index (χ0v) is 9.86. The maximum Gasteiger partial charge on any atom is 0.307 e. The first-order valence-corrected chi connectivity index (χ1v) is 5.43. The van der Waals surface area contributed by atoms with Gasteiger partial charge >= 0.3 is 5.97 Å². The Labute approximate surface area is 104 Å². The summed E-state index contributed by atoms with van der Waals surface area (Å²) in [6.45, 7) is 0.442. The highest BCUT2D eigenvalue weighted by molar-refractivity contribution is 5.79. The van der Waals surface area contributed by atoms with Gasteiger partial charge in [0.15, 0.2) is 0 Å². The first-order valence-electron chi connectivity index (χ1n) is 5.43. The van der Waals surface area contributed by atoms with Crippen LogP contribution in [0.15, 0.2) is 18.2 Å². The van der Waals surface area contributed by atoms with Gasteiger partial charge in [-0.1, -0.05) is 0 Å². The second kappa shape index (κ2) is 5.19. The van der Waals surface area contributed by atoms with Gasteiger partial charge in [0.25, 0.3) is 0 Å². The third kappa shape index (κ3) is 2.58. The van der Waals surface area contributed by atoms with Crippen molar-refractivity contribution >= 4 is 23.0 Å². The molecule has 0 atom stereocenters. The lowest BCUT2D eigenvalue weighted by atomic mass is 10.2. The van der Waals surface area contributed by atoms with E-state index in [1.807, 2.05) is 0 Å². The fraction of sp³-hybridized carbons (Fsp3) is 0.250. The molecule has 2 N–H and O–H groups in total. The van der Waals surface area contributed by atoms with E-state index in [1.165, 1.54) is 7.11 Å². The van der Waals surface area contributed by atoms with Gasteiger partial charge in [0.1, 0.15) is 0 Å². The molecule has 1 aromatic heterocycles. The molecule has 0 aliphatic carbocycles. The quantitative estimate of drug-likeness (QED) is 0.793. The highest BCUT2D eigenvalue weighted by Gasteiger charge is 2.04. The number of hydrogen-bond acceptors (Lipinski definition) is 5. The first-order chi connectivity index (χ1) is 8.72. The number of H-pyrrole nitrogens is 1. The lowest BCUT2D eigenvalue weighted by molar-refractivity contribution is -0.140. The molecule has 18 heavy (non-hydrogen) atoms. The number of nitrogens with zero attached hydrogens (tertiary/aromatic N) is 2. The molecule has 0 unspecified atom stereocenters. The number of fused-ring (bicyclic) bond motifs is 1. The average Bonchev–Trinajstić information content (AvgIpc) is 2.79. The maximum atomic E-state index is 10.9. The van der Waals surface area contributed by atoms with Crippen LogP contribution in [0.1, 0.15) is 12.0 Å². The minimum atomic E-state index is -0.273. The molecule has 0 spiro atoms. The van der Waals surface area contributed by atoms with E-state index in [-0.39, 0.29) is 12.4 Å². The Balaban J connectivity index is 2.06. The molecule has 0 amide bonds. The summed E-state index contributed by atoms with van der Waals surface area (Å²) in [5, 5.41) is 11.8. The molecule has 6 heteroatoms. The Morgan fingerprint density at radius 2 is 2.44 bits per heavy atom. The molecule has 0 aliphatic heterocycles. The number of carbonyl (C=O) groups excluding carboxylic acids is 1. The monoisotopic (exact) mass is 244 g/mol. The minimum absolute atomic E-state index is 0.273. The lowest BCUT2D eigenvalue weighted by Gasteiger charge is -2.00. The van der Waals surface area contributed by atoms with E-state index >= 15 is 0 Å². The number of methoxy groups -OCH3 is 1. The number of aromatic nitrogens is 2. The Morgan fingerprint density at radius 3 is 3.17 bits per heavy atom. The van der Waals surface area contributed by atoms with E-state index in [2.05, 4.69) is 26.1 Å². The molecule has 92 valence electrons. The zero-order valence-electron chi connectivity index (χ0n) is 9.86. The van der Waals surface area contributed by atoms with Gasteiger partial charge in [0.05, 0.1) is 36.2 Å². The number of esters is 1. The van der Waals surface area contributed by atoms with Crippen LogP contribution < -0.4 is 5.32 Å². The number of benzene rings is 1. The summed E-state index contributed by atoms with van der Waals surface area (Å²) in [5.41, 5.74) is 2.14. The summed E-state index contributed by atoms with van der Waals surface area (Å²) in [4.78, 5) is 18.2. The van der Waals surface area contributed by atoms with Crippen LogP contribution in [0, 0.1) is 11.3 Å². The van der Waals surface area contributed by atoms with Crippen LogP contribution in [0.2, 0.25) is 0 Å². The van der Waals surface area contributed by atoms with Gasteiger partial charge in [0, 0.05) is 6.54 Å². The standard InChI is InChI=1S/C12H12N4O2/c1-18-11(17)4-5-14-12-15-9-3-2-8(7-13)6-10(9)16-12/h2-3,6H,4-5H2,1H3,(H2,14,15,16). The summed E-state index contributed by atoms with van der Waals surface area (Å²) >= 11 is 0. The van der Waals surface area contributed by atoms with Crippen LogP contribution in [-0.2, 0) is 9.53 Å². The van der Waals surface area contributed by atoms with Gasteiger partial charge in [-0.15, -0.1) is 0 Å². The van der Waals surface area contributed by atoms with E-state index in [4.69, 9.17) is 5.26 Å². The molecule has 1 heterocycles. The number of hydrogen-bond donors (Lipinski definition) is 2. The predicted molar refractivity (Wildman–Crippen MR) is 65.9 cm³/mol. The maximum absolute atomic E-state index is 10.9. The Morgan fingerprint density at radius 1 is 1.61 bits per heavy atom. The summed E-state index contributed by atoms with van der Waals surface area (Å²) in [7, 11) is 1.35. The third-order valence-corrected chi connectivity index (χ3v) is 2.46. The normalized spacial score (nSPS) is 10.0. The molecular weight excluding hydrogens is 232 g/mol. The molecule has 0 aliphatic rings. The number of imidazole rings is 1. The predicted octanol–water partition coefficient (Wildman–Crippen LogP) is 1.41. The fourth-order valence-electron chi connectivity index (χ4n) is 1.55. The summed E-state index contributed by atoms with van der Waals surface area (Å²) in [6, 6.07) is 7.28. The molecule has 0 saturated carbocycles. The van der Waals surface area contributed by atoms with Crippen molar-refractivity contribution in [2.45, 2.75) is 6.42 Å². The van der Waals surface area contributed by atoms with Crippen molar-refractivity contribution < 1.29 is 9.53 Å². The van der Waals surface area contributed by atoms with Gasteiger partial charge in [-0.05, 0) is 18.2 Å². The van der Waals surface area contributed by atoms with Gasteiger partial charge < -0.3 is 15.0 Å². The van der Waals surface area contributed by atoms with E-state index in [0.29, 0.717) is 18.1 Å². The van der Waals surface area contributed by atoms with Crippen molar-refractivity contribution in [3.8, 4) is 6.07 Å². The van der Waals surface area contributed by atoms with Crippen LogP contribution in [0.3, 0.4) is 0 Å². The molecule has 0 saturated heterocycles. The van der Waals surface area contributed by atoms with Gasteiger partial charge in [-0.25, -0.2) is 4.98 Å². The van der Waals surface area contributed by atoms with Gasteiger partial charge in [0.2, 0.25) is 5.95 Å². The van der Waals surface area contributed by atoms with Crippen LogP contribution >= 0.6 is 0 Å². The van der Waals surface area contributed by atoms with E-state index < -0.39 is 0 Å². The number of anilines is 1. The molecule has 2 rings (SSSR count). The van der Waals surface area contributed by atoms with Crippen molar-refractivity contribution in [2.24, 2.45) is 0 Å². The SMILES string of the molecule is COC(=O)CCNc1nc2ccc(C#N)cc2[nH]1.